The first-order valence-corrected chi connectivity index (χ1v) is 22.4. The Kier molecular flexibility index (Phi) is 23.9. The summed E-state index contributed by atoms with van der Waals surface area (Å²) in [7, 11) is 0. The Morgan fingerprint density at radius 2 is 0.242 bits per heavy atom. The van der Waals surface area contributed by atoms with Gasteiger partial charge in [0, 0.05) is 0 Å². The van der Waals surface area contributed by atoms with Gasteiger partial charge in [-0.15, -0.1) is 0 Å². The van der Waals surface area contributed by atoms with E-state index in [1.165, 1.54) is 66.8 Å². The second-order valence-corrected chi connectivity index (χ2v) is 12.9. The zero-order valence-electron chi connectivity index (χ0n) is 38.2. The Morgan fingerprint density at radius 1 is 0.129 bits per heavy atom. The van der Waals surface area contributed by atoms with Gasteiger partial charge in [0.25, 0.3) is 0 Å². The maximum Gasteiger partial charge on any atom is -0.0178 e. The van der Waals surface area contributed by atoms with E-state index < -0.39 is 0 Å². The minimum absolute atomic E-state index is 1.26. The predicted molar refractivity (Wildman–Crippen MR) is 277 cm³/mol. The van der Waals surface area contributed by atoms with Crippen LogP contribution in [0.2, 0.25) is 0 Å². The summed E-state index contributed by atoms with van der Waals surface area (Å²) in [5, 5.41) is 0. The van der Waals surface area contributed by atoms with Crippen molar-refractivity contribution >= 4 is 0 Å². The number of hydrogen-bond acceptors (Lipinski definition) is 0. The van der Waals surface area contributed by atoms with Gasteiger partial charge in [-0.05, 0) is 85.0 Å². The highest BCUT2D eigenvalue weighted by atomic mass is 14.1. The van der Waals surface area contributed by atoms with Crippen molar-refractivity contribution in [1.29, 1.82) is 0 Å². The van der Waals surface area contributed by atoms with Crippen molar-refractivity contribution in [2.75, 3.05) is 0 Å². The van der Waals surface area contributed by atoms with Crippen LogP contribution >= 0.6 is 0 Å². The van der Waals surface area contributed by atoms with E-state index in [0.717, 1.165) is 0 Å². The lowest BCUT2D eigenvalue weighted by Crippen LogP contribution is -1.80. The number of benzene rings is 9. The Bertz CT molecular complexity index is 1990. The largest absolute Gasteiger partial charge is 0.0683 e. The van der Waals surface area contributed by atoms with Crippen molar-refractivity contribution in [3.05, 3.63) is 255 Å². The van der Waals surface area contributed by atoms with E-state index in [0.29, 0.717) is 0 Å². The maximum absolute atomic E-state index is 2.24. The molecule has 9 aromatic rings. The third-order valence-electron chi connectivity index (χ3n) is 9.23. The van der Waals surface area contributed by atoms with Gasteiger partial charge in [0.15, 0.2) is 0 Å². The quantitative estimate of drug-likeness (QED) is 0.157. The molecule has 0 heteroatoms. The van der Waals surface area contributed by atoms with Gasteiger partial charge in [-0.1, -0.05) is 292 Å². The molecule has 0 fully saturated rings. The van der Waals surface area contributed by atoms with Crippen LogP contribution in [0.1, 0.15) is 55.4 Å². The van der Waals surface area contributed by atoms with Crippen LogP contribution in [0.15, 0.2) is 255 Å². The average molecular weight is 811 g/mol. The minimum atomic E-state index is 1.26. The van der Waals surface area contributed by atoms with Gasteiger partial charge >= 0.3 is 0 Å². The van der Waals surface area contributed by atoms with Gasteiger partial charge in [-0.3, -0.25) is 0 Å². The second-order valence-electron chi connectivity index (χ2n) is 12.9. The highest BCUT2D eigenvalue weighted by molar-refractivity contribution is 5.75. The summed E-state index contributed by atoms with van der Waals surface area (Å²) in [5.41, 5.74) is 15.1. The van der Waals surface area contributed by atoms with Crippen LogP contribution in [0, 0.1) is 0 Å². The highest BCUT2D eigenvalue weighted by Gasteiger charge is 2.03. The first-order valence-electron chi connectivity index (χ1n) is 22.4. The van der Waals surface area contributed by atoms with Gasteiger partial charge in [-0.25, -0.2) is 0 Å². The second kappa shape index (κ2) is 30.1. The fourth-order valence-corrected chi connectivity index (χ4v) is 6.42. The number of rotatable bonds is 6. The van der Waals surface area contributed by atoms with Crippen LogP contribution in [-0.4, -0.2) is 0 Å². The standard InChI is InChI=1S/3C18H14.4C2H6/c3*1-3-8-15(9-4-1)17-12-7-13-18(14-17)16-10-5-2-6-11-16;4*1-2/h3*1-14H;4*1-2H3. The summed E-state index contributed by atoms with van der Waals surface area (Å²) in [6.07, 6.45) is 0. The molecular weight excluding hydrogens is 745 g/mol. The van der Waals surface area contributed by atoms with Crippen LogP contribution in [0.5, 0.6) is 0 Å². The Balaban J connectivity index is 0.000000229. The molecule has 0 atom stereocenters. The monoisotopic (exact) mass is 811 g/mol. The summed E-state index contributed by atoms with van der Waals surface area (Å²) >= 11 is 0. The molecular formula is C62H66. The van der Waals surface area contributed by atoms with Crippen LogP contribution in [0.25, 0.3) is 66.8 Å². The van der Waals surface area contributed by atoms with Gasteiger partial charge in [-0.2, -0.15) is 0 Å². The summed E-state index contributed by atoms with van der Waals surface area (Å²) in [5.74, 6) is 0. The summed E-state index contributed by atoms with van der Waals surface area (Å²) in [4.78, 5) is 0. The molecule has 0 radical (unpaired) electrons. The van der Waals surface area contributed by atoms with Gasteiger partial charge in [0.05, 0.1) is 0 Å². The molecule has 62 heavy (non-hydrogen) atoms. The molecule has 0 aliphatic heterocycles. The molecule has 0 spiro atoms. The Hall–Kier alpha value is -7.02. The Labute approximate surface area is 375 Å². The fraction of sp³-hybridized carbons (Fsp3) is 0.129. The predicted octanol–water partition coefficient (Wildman–Crippen LogP) is 19.2. The lowest BCUT2D eigenvalue weighted by molar-refractivity contribution is 1.50. The van der Waals surface area contributed by atoms with Gasteiger partial charge in [0.2, 0.25) is 0 Å². The Morgan fingerprint density at radius 3 is 0.371 bits per heavy atom. The molecule has 0 saturated carbocycles. The zero-order chi connectivity index (χ0) is 44.6. The van der Waals surface area contributed by atoms with E-state index in [2.05, 4.69) is 218 Å². The first kappa shape index (κ1) is 49.3. The average Bonchev–Trinajstić information content (AvgIpc) is 3.41. The smallest absolute Gasteiger partial charge is 0.0178 e. The first-order chi connectivity index (χ1) is 30.8. The van der Waals surface area contributed by atoms with Crippen molar-refractivity contribution in [3.63, 3.8) is 0 Å². The molecule has 0 saturated heterocycles. The summed E-state index contributed by atoms with van der Waals surface area (Å²) in [6, 6.07) is 88.9. The van der Waals surface area contributed by atoms with Crippen molar-refractivity contribution in [1.82, 2.24) is 0 Å². The third kappa shape index (κ3) is 15.9. The third-order valence-corrected chi connectivity index (χ3v) is 9.23. The van der Waals surface area contributed by atoms with Gasteiger partial charge < -0.3 is 0 Å². The maximum atomic E-state index is 2.24. The SMILES string of the molecule is CC.CC.CC.CC.c1ccc(-c2cccc(-c3ccccc3)c2)cc1.c1ccc(-c2cccc(-c3ccccc3)c2)cc1.c1ccc(-c2cccc(-c3ccccc3)c2)cc1. The molecule has 0 amide bonds. The molecule has 0 heterocycles. The summed E-state index contributed by atoms with van der Waals surface area (Å²) in [6.45, 7) is 16.0. The molecule has 0 aliphatic carbocycles. The lowest BCUT2D eigenvalue weighted by atomic mass is 9.99. The van der Waals surface area contributed by atoms with E-state index in [-0.39, 0.29) is 0 Å². The molecule has 9 rings (SSSR count). The van der Waals surface area contributed by atoms with Gasteiger partial charge in [0.1, 0.15) is 0 Å². The van der Waals surface area contributed by atoms with E-state index in [1.807, 2.05) is 91.8 Å². The van der Waals surface area contributed by atoms with Crippen LogP contribution in [0.3, 0.4) is 0 Å². The van der Waals surface area contributed by atoms with E-state index >= 15 is 0 Å². The molecule has 0 aromatic heterocycles. The molecule has 0 unspecified atom stereocenters. The highest BCUT2D eigenvalue weighted by Crippen LogP contribution is 2.28. The minimum Gasteiger partial charge on any atom is -0.0683 e. The molecule has 0 aliphatic rings. The fourth-order valence-electron chi connectivity index (χ4n) is 6.42. The molecule has 9 aromatic carbocycles. The van der Waals surface area contributed by atoms with Crippen molar-refractivity contribution in [2.24, 2.45) is 0 Å². The van der Waals surface area contributed by atoms with Crippen LogP contribution < -0.4 is 0 Å². The zero-order valence-corrected chi connectivity index (χ0v) is 38.2. The summed E-state index contributed by atoms with van der Waals surface area (Å²) < 4.78 is 0. The molecule has 0 bridgehead atoms. The van der Waals surface area contributed by atoms with E-state index in [1.54, 1.807) is 0 Å². The number of hydrogen-bond donors (Lipinski definition) is 0. The van der Waals surface area contributed by atoms with Crippen LogP contribution in [0.4, 0.5) is 0 Å². The molecule has 0 N–H and O–H groups in total. The lowest BCUT2D eigenvalue weighted by Gasteiger charge is -2.05. The van der Waals surface area contributed by atoms with Crippen molar-refractivity contribution < 1.29 is 0 Å². The van der Waals surface area contributed by atoms with Crippen LogP contribution in [-0.2, 0) is 0 Å². The van der Waals surface area contributed by atoms with E-state index in [4.69, 9.17) is 0 Å². The van der Waals surface area contributed by atoms with E-state index in [9.17, 15) is 0 Å². The molecule has 0 nitrogen and oxygen atoms in total. The van der Waals surface area contributed by atoms with Crippen molar-refractivity contribution in [2.45, 2.75) is 55.4 Å². The van der Waals surface area contributed by atoms with Crippen molar-refractivity contribution in [3.8, 4) is 66.8 Å². The topological polar surface area (TPSA) is 0 Å². The normalized spacial score (nSPS) is 9.29. The molecule has 314 valence electrons.